The number of rotatable bonds is 4. The van der Waals surface area contributed by atoms with Gasteiger partial charge < -0.3 is 4.90 Å². The second kappa shape index (κ2) is 7.63. The Balaban J connectivity index is 1.51. The van der Waals surface area contributed by atoms with Crippen LogP contribution < -0.4 is 4.90 Å². The highest BCUT2D eigenvalue weighted by molar-refractivity contribution is 7.89. The fourth-order valence-corrected chi connectivity index (χ4v) is 5.10. The molecule has 1 aromatic carbocycles. The minimum Gasteiger partial charge on any atom is -0.354 e. The quantitative estimate of drug-likeness (QED) is 0.611. The van der Waals surface area contributed by atoms with Gasteiger partial charge in [0, 0.05) is 32.2 Å². The van der Waals surface area contributed by atoms with Crippen LogP contribution in [0.25, 0.3) is 5.82 Å². The molecule has 146 valence electrons. The minimum atomic E-state index is -3.73. The standard InChI is InChI=1S/C16H15Cl2N7O2S/c17-12-2-1-3-13(16(12)18)28(26,27)24-6-4-23(5-7-24)14-8-15(21-10-20-14)25-11-19-9-22-25/h1-3,8-11H,4-7H2. The molecule has 0 spiro atoms. The number of nitrogens with zero attached hydrogens (tertiary/aromatic N) is 7. The molecule has 0 radical (unpaired) electrons. The summed E-state index contributed by atoms with van der Waals surface area (Å²) in [5.74, 6) is 1.28. The number of aromatic nitrogens is 5. The fraction of sp³-hybridized carbons (Fsp3) is 0.250. The number of piperazine rings is 1. The molecule has 28 heavy (non-hydrogen) atoms. The van der Waals surface area contributed by atoms with Gasteiger partial charge in [-0.05, 0) is 12.1 Å². The summed E-state index contributed by atoms with van der Waals surface area (Å²) in [4.78, 5) is 14.4. The maximum Gasteiger partial charge on any atom is 0.244 e. The van der Waals surface area contributed by atoms with E-state index < -0.39 is 10.0 Å². The van der Waals surface area contributed by atoms with Crippen LogP contribution in [0.5, 0.6) is 0 Å². The van der Waals surface area contributed by atoms with Crippen molar-refractivity contribution in [3.63, 3.8) is 0 Å². The molecule has 12 heteroatoms. The lowest BCUT2D eigenvalue weighted by atomic mass is 10.3. The van der Waals surface area contributed by atoms with Crippen LogP contribution in [0.3, 0.4) is 0 Å². The van der Waals surface area contributed by atoms with Crippen LogP contribution in [0, 0.1) is 0 Å². The summed E-state index contributed by atoms with van der Waals surface area (Å²) in [5, 5.41) is 4.30. The number of hydrogen-bond acceptors (Lipinski definition) is 7. The summed E-state index contributed by atoms with van der Waals surface area (Å²) in [6, 6.07) is 6.38. The Morgan fingerprint density at radius 2 is 1.71 bits per heavy atom. The average molecular weight is 440 g/mol. The molecule has 1 saturated heterocycles. The molecule has 3 aromatic rings. The van der Waals surface area contributed by atoms with Gasteiger partial charge in [0.15, 0.2) is 5.82 Å². The van der Waals surface area contributed by atoms with E-state index >= 15 is 0 Å². The Kier molecular flexibility index (Phi) is 5.19. The highest BCUT2D eigenvalue weighted by Gasteiger charge is 2.31. The molecule has 0 N–H and O–H groups in total. The second-order valence-electron chi connectivity index (χ2n) is 6.02. The minimum absolute atomic E-state index is 0.0191. The van der Waals surface area contributed by atoms with Crippen LogP contribution in [-0.2, 0) is 10.0 Å². The van der Waals surface area contributed by atoms with E-state index in [-0.39, 0.29) is 14.9 Å². The van der Waals surface area contributed by atoms with Crippen LogP contribution in [0.2, 0.25) is 10.0 Å². The first-order valence-electron chi connectivity index (χ1n) is 8.33. The van der Waals surface area contributed by atoms with Crippen molar-refractivity contribution in [2.24, 2.45) is 0 Å². The van der Waals surface area contributed by atoms with Crippen molar-refractivity contribution in [3.8, 4) is 5.82 Å². The molecule has 9 nitrogen and oxygen atoms in total. The molecule has 0 aliphatic carbocycles. The van der Waals surface area contributed by atoms with E-state index in [1.54, 1.807) is 24.5 Å². The second-order valence-corrected chi connectivity index (χ2v) is 8.71. The molecule has 3 heterocycles. The van der Waals surface area contributed by atoms with E-state index in [9.17, 15) is 8.42 Å². The lowest BCUT2D eigenvalue weighted by molar-refractivity contribution is 0.383. The number of hydrogen-bond donors (Lipinski definition) is 0. The average Bonchev–Trinajstić information content (AvgIpc) is 3.25. The molecule has 0 amide bonds. The van der Waals surface area contributed by atoms with Gasteiger partial charge in [0.2, 0.25) is 10.0 Å². The number of anilines is 1. The van der Waals surface area contributed by atoms with Crippen LogP contribution in [0.15, 0.2) is 48.1 Å². The Labute approximate surface area is 171 Å². The van der Waals surface area contributed by atoms with E-state index in [1.165, 1.54) is 27.7 Å². The van der Waals surface area contributed by atoms with Gasteiger partial charge in [0.25, 0.3) is 0 Å². The summed E-state index contributed by atoms with van der Waals surface area (Å²) in [6.45, 7) is 1.55. The predicted molar refractivity (Wildman–Crippen MR) is 104 cm³/mol. The van der Waals surface area contributed by atoms with Gasteiger partial charge >= 0.3 is 0 Å². The molecule has 1 fully saturated rings. The van der Waals surface area contributed by atoms with E-state index in [1.807, 2.05) is 4.90 Å². The Morgan fingerprint density at radius 1 is 0.964 bits per heavy atom. The van der Waals surface area contributed by atoms with Gasteiger partial charge in [-0.15, -0.1) is 0 Å². The van der Waals surface area contributed by atoms with E-state index in [0.717, 1.165) is 0 Å². The van der Waals surface area contributed by atoms with Gasteiger partial charge in [-0.1, -0.05) is 29.3 Å². The highest BCUT2D eigenvalue weighted by Crippen LogP contribution is 2.31. The monoisotopic (exact) mass is 439 g/mol. The van der Waals surface area contributed by atoms with Crippen molar-refractivity contribution < 1.29 is 8.42 Å². The maximum absolute atomic E-state index is 12.9. The van der Waals surface area contributed by atoms with Crippen molar-refractivity contribution in [2.45, 2.75) is 4.90 Å². The third-order valence-electron chi connectivity index (χ3n) is 4.39. The third-order valence-corrected chi connectivity index (χ3v) is 7.26. The van der Waals surface area contributed by atoms with Gasteiger partial charge in [-0.3, -0.25) is 0 Å². The van der Waals surface area contributed by atoms with Crippen molar-refractivity contribution in [3.05, 3.63) is 53.3 Å². The first-order valence-corrected chi connectivity index (χ1v) is 10.5. The molecule has 2 aromatic heterocycles. The fourth-order valence-electron chi connectivity index (χ4n) is 2.94. The topological polar surface area (TPSA) is 97.1 Å². The van der Waals surface area contributed by atoms with Gasteiger partial charge in [-0.25, -0.2) is 28.1 Å². The van der Waals surface area contributed by atoms with Crippen LogP contribution in [0.1, 0.15) is 0 Å². The Bertz CT molecular complexity index is 1080. The van der Waals surface area contributed by atoms with Crippen LogP contribution in [-0.4, -0.2) is 63.6 Å². The number of sulfonamides is 1. The summed E-state index contributed by atoms with van der Waals surface area (Å²) < 4.78 is 28.8. The van der Waals surface area contributed by atoms with E-state index in [0.29, 0.717) is 37.8 Å². The molecule has 0 bridgehead atoms. The third kappa shape index (κ3) is 3.55. The lowest BCUT2D eigenvalue weighted by Gasteiger charge is -2.34. The molecule has 0 saturated carbocycles. The zero-order chi connectivity index (χ0) is 19.7. The molecular formula is C16H15Cl2N7O2S. The highest BCUT2D eigenvalue weighted by atomic mass is 35.5. The molecule has 4 rings (SSSR count). The summed E-state index contributed by atoms with van der Waals surface area (Å²) in [7, 11) is -3.73. The Hall–Kier alpha value is -2.27. The van der Waals surface area contributed by atoms with Gasteiger partial charge in [-0.2, -0.15) is 9.40 Å². The first-order chi connectivity index (χ1) is 13.5. The largest absolute Gasteiger partial charge is 0.354 e. The van der Waals surface area contributed by atoms with Gasteiger partial charge in [0.1, 0.15) is 29.7 Å². The molecule has 0 atom stereocenters. The van der Waals surface area contributed by atoms with Crippen molar-refractivity contribution in [1.29, 1.82) is 0 Å². The molecule has 1 aliphatic heterocycles. The van der Waals surface area contributed by atoms with Crippen LogP contribution >= 0.6 is 23.2 Å². The first kappa shape index (κ1) is 19.1. The maximum atomic E-state index is 12.9. The molecular weight excluding hydrogens is 425 g/mol. The zero-order valence-corrected chi connectivity index (χ0v) is 16.8. The van der Waals surface area contributed by atoms with Crippen molar-refractivity contribution >= 4 is 39.0 Å². The van der Waals surface area contributed by atoms with Crippen molar-refractivity contribution in [2.75, 3.05) is 31.1 Å². The number of halogens is 2. The summed E-state index contributed by atoms with van der Waals surface area (Å²) >= 11 is 12.1. The zero-order valence-electron chi connectivity index (χ0n) is 14.5. The summed E-state index contributed by atoms with van der Waals surface area (Å²) in [5.41, 5.74) is 0. The molecule has 0 unspecified atom stereocenters. The summed E-state index contributed by atoms with van der Waals surface area (Å²) in [6.07, 6.45) is 4.42. The Morgan fingerprint density at radius 3 is 2.43 bits per heavy atom. The SMILES string of the molecule is O=S(=O)(c1cccc(Cl)c1Cl)N1CCN(c2cc(-n3cncn3)ncn2)CC1. The predicted octanol–water partition coefficient (Wildman–Crippen LogP) is 1.87. The van der Waals surface area contributed by atoms with Gasteiger partial charge in [0.05, 0.1) is 10.0 Å². The normalized spacial score (nSPS) is 15.7. The van der Waals surface area contributed by atoms with E-state index in [2.05, 4.69) is 20.1 Å². The lowest BCUT2D eigenvalue weighted by Crippen LogP contribution is -2.49. The smallest absolute Gasteiger partial charge is 0.244 e. The number of benzene rings is 1. The molecule has 1 aliphatic rings. The van der Waals surface area contributed by atoms with E-state index in [4.69, 9.17) is 23.2 Å². The van der Waals surface area contributed by atoms with Crippen LogP contribution in [0.4, 0.5) is 5.82 Å². The van der Waals surface area contributed by atoms with Crippen molar-refractivity contribution in [1.82, 2.24) is 29.0 Å².